The number of aromatic nitrogens is 1. The summed E-state index contributed by atoms with van der Waals surface area (Å²) >= 11 is 0. The number of ether oxygens (including phenoxy) is 1. The molecule has 1 fully saturated rings. The first-order chi connectivity index (χ1) is 14.1. The maximum atomic E-state index is 13.4. The lowest BCUT2D eigenvalue weighted by Crippen LogP contribution is -2.52. The Morgan fingerprint density at radius 1 is 1.17 bits per heavy atom. The van der Waals surface area contributed by atoms with Gasteiger partial charge in [-0.1, -0.05) is 19.8 Å². The van der Waals surface area contributed by atoms with Crippen LogP contribution in [0.3, 0.4) is 0 Å². The van der Waals surface area contributed by atoms with Gasteiger partial charge in [0.2, 0.25) is 11.8 Å². The zero-order valence-electron chi connectivity index (χ0n) is 17.1. The lowest BCUT2D eigenvalue weighted by molar-refractivity contribution is -0.129. The molecule has 0 bridgehead atoms. The van der Waals surface area contributed by atoms with E-state index in [0.29, 0.717) is 18.2 Å². The van der Waals surface area contributed by atoms with Crippen LogP contribution in [-0.2, 0) is 16.1 Å². The molecule has 1 aliphatic heterocycles. The first kappa shape index (κ1) is 19.6. The molecule has 2 aromatic rings. The van der Waals surface area contributed by atoms with Crippen molar-refractivity contribution < 1.29 is 14.3 Å². The number of anilines is 1. The number of nitrogens with one attached hydrogen (secondary N) is 1. The molecule has 0 spiro atoms. The molecule has 1 aromatic heterocycles. The Kier molecular flexibility index (Phi) is 5.60. The van der Waals surface area contributed by atoms with Crippen molar-refractivity contribution in [2.75, 3.05) is 11.5 Å². The summed E-state index contributed by atoms with van der Waals surface area (Å²) in [6.07, 6.45) is 6.35. The standard InChI is InChI=1S/C23H29N3O3/c1-3-29-18-12-10-17(11-13-18)26-21(27)15-25-14-6-9-20(25)22(26)23(28)24-19-8-5-4-7-16(19)2/h6,9-14,16,19,22H,3-5,7-8,15H2,1-2H3,(H,24,28)/t16-,19+,22+/m0/s1. The van der Waals surface area contributed by atoms with Crippen molar-refractivity contribution in [2.45, 2.75) is 58.2 Å². The second-order valence-electron chi connectivity index (χ2n) is 8.03. The molecule has 2 aliphatic rings. The molecule has 2 amide bonds. The summed E-state index contributed by atoms with van der Waals surface area (Å²) in [4.78, 5) is 28.1. The van der Waals surface area contributed by atoms with Crippen molar-refractivity contribution in [3.8, 4) is 5.75 Å². The minimum Gasteiger partial charge on any atom is -0.494 e. The normalized spacial score (nSPS) is 24.1. The van der Waals surface area contributed by atoms with Gasteiger partial charge in [-0.2, -0.15) is 0 Å². The molecule has 29 heavy (non-hydrogen) atoms. The molecule has 2 heterocycles. The molecular formula is C23H29N3O3. The Balaban J connectivity index is 1.65. The summed E-state index contributed by atoms with van der Waals surface area (Å²) in [7, 11) is 0. The van der Waals surface area contributed by atoms with E-state index < -0.39 is 6.04 Å². The van der Waals surface area contributed by atoms with Crippen molar-refractivity contribution in [2.24, 2.45) is 5.92 Å². The predicted octanol–water partition coefficient (Wildman–Crippen LogP) is 3.67. The summed E-state index contributed by atoms with van der Waals surface area (Å²) in [5.74, 6) is 1.01. The smallest absolute Gasteiger partial charge is 0.249 e. The van der Waals surface area contributed by atoms with E-state index in [-0.39, 0.29) is 24.4 Å². The minimum absolute atomic E-state index is 0.0882. The second-order valence-corrected chi connectivity index (χ2v) is 8.03. The molecule has 1 saturated carbocycles. The van der Waals surface area contributed by atoms with Gasteiger partial charge in [0.15, 0.2) is 6.04 Å². The summed E-state index contributed by atoms with van der Waals surface area (Å²) in [6.45, 7) is 4.95. The first-order valence-corrected chi connectivity index (χ1v) is 10.6. The highest BCUT2D eigenvalue weighted by molar-refractivity contribution is 6.02. The molecule has 6 nitrogen and oxygen atoms in total. The lowest BCUT2D eigenvalue weighted by Gasteiger charge is -2.38. The minimum atomic E-state index is -0.668. The maximum Gasteiger partial charge on any atom is 0.249 e. The van der Waals surface area contributed by atoms with Crippen LogP contribution in [0.25, 0.3) is 0 Å². The van der Waals surface area contributed by atoms with Crippen LogP contribution in [0.1, 0.15) is 51.3 Å². The summed E-state index contributed by atoms with van der Waals surface area (Å²) in [6, 6.07) is 10.7. The van der Waals surface area contributed by atoms with E-state index >= 15 is 0 Å². The molecular weight excluding hydrogens is 366 g/mol. The van der Waals surface area contributed by atoms with Gasteiger partial charge in [-0.25, -0.2) is 0 Å². The highest BCUT2D eigenvalue weighted by Gasteiger charge is 2.39. The number of benzene rings is 1. The Labute approximate surface area is 171 Å². The lowest BCUT2D eigenvalue weighted by atomic mass is 9.85. The Morgan fingerprint density at radius 2 is 1.93 bits per heavy atom. The SMILES string of the molecule is CCOc1ccc(N2C(=O)Cn3cccc3[C@@H]2C(=O)N[C@@H]2CCCC[C@@H]2C)cc1. The van der Waals surface area contributed by atoms with Gasteiger partial charge in [0.1, 0.15) is 12.3 Å². The molecule has 154 valence electrons. The van der Waals surface area contributed by atoms with E-state index in [1.807, 2.05) is 54.1 Å². The van der Waals surface area contributed by atoms with E-state index in [4.69, 9.17) is 4.74 Å². The Bertz CT molecular complexity index is 874. The summed E-state index contributed by atoms with van der Waals surface area (Å²) in [5.41, 5.74) is 1.56. The van der Waals surface area contributed by atoms with E-state index in [1.54, 1.807) is 4.90 Å². The van der Waals surface area contributed by atoms with Crippen molar-refractivity contribution in [1.29, 1.82) is 0 Å². The van der Waals surface area contributed by atoms with Gasteiger partial charge < -0.3 is 14.6 Å². The fourth-order valence-corrected chi connectivity index (χ4v) is 4.52. The number of carbonyl (C=O) groups is 2. The number of fused-ring (bicyclic) bond motifs is 1. The monoisotopic (exact) mass is 395 g/mol. The highest BCUT2D eigenvalue weighted by atomic mass is 16.5. The molecule has 4 rings (SSSR count). The number of hydrogen-bond donors (Lipinski definition) is 1. The summed E-state index contributed by atoms with van der Waals surface area (Å²) in [5, 5.41) is 3.25. The van der Waals surface area contributed by atoms with Gasteiger partial charge >= 0.3 is 0 Å². The first-order valence-electron chi connectivity index (χ1n) is 10.6. The van der Waals surface area contributed by atoms with Crippen LogP contribution in [0.15, 0.2) is 42.6 Å². The van der Waals surface area contributed by atoms with Gasteiger partial charge in [-0.3, -0.25) is 14.5 Å². The van der Waals surface area contributed by atoms with E-state index in [1.165, 1.54) is 6.42 Å². The average Bonchev–Trinajstić information content (AvgIpc) is 3.17. The van der Waals surface area contributed by atoms with Crippen molar-refractivity contribution in [1.82, 2.24) is 9.88 Å². The molecule has 0 radical (unpaired) electrons. The van der Waals surface area contributed by atoms with Crippen molar-refractivity contribution in [3.05, 3.63) is 48.3 Å². The number of carbonyl (C=O) groups excluding carboxylic acids is 2. The maximum absolute atomic E-state index is 13.4. The van der Waals surface area contributed by atoms with Gasteiger partial charge in [0.05, 0.1) is 12.3 Å². The van der Waals surface area contributed by atoms with Crippen LogP contribution in [0, 0.1) is 5.92 Å². The van der Waals surface area contributed by atoms with Crippen molar-refractivity contribution in [3.63, 3.8) is 0 Å². The van der Waals surface area contributed by atoms with Gasteiger partial charge in [-0.15, -0.1) is 0 Å². The fourth-order valence-electron chi connectivity index (χ4n) is 4.52. The molecule has 1 aliphatic carbocycles. The third-order valence-corrected chi connectivity index (χ3v) is 6.09. The van der Waals surface area contributed by atoms with Crippen LogP contribution in [0.2, 0.25) is 0 Å². The molecule has 1 aromatic carbocycles. The number of hydrogen-bond acceptors (Lipinski definition) is 3. The number of nitrogens with zero attached hydrogens (tertiary/aromatic N) is 2. The third kappa shape index (κ3) is 3.88. The number of amides is 2. The van der Waals surface area contributed by atoms with Crippen LogP contribution >= 0.6 is 0 Å². The number of rotatable bonds is 5. The second kappa shape index (κ2) is 8.31. The average molecular weight is 396 g/mol. The van der Waals surface area contributed by atoms with Crippen LogP contribution in [0.4, 0.5) is 5.69 Å². The molecule has 0 unspecified atom stereocenters. The van der Waals surface area contributed by atoms with Crippen LogP contribution in [0.5, 0.6) is 5.75 Å². The molecule has 3 atom stereocenters. The third-order valence-electron chi connectivity index (χ3n) is 6.09. The topological polar surface area (TPSA) is 63.6 Å². The van der Waals surface area contributed by atoms with Crippen molar-refractivity contribution >= 4 is 17.5 Å². The van der Waals surface area contributed by atoms with Gasteiger partial charge in [-0.05, 0) is 62.1 Å². The molecule has 6 heteroatoms. The Morgan fingerprint density at radius 3 is 2.66 bits per heavy atom. The van der Waals surface area contributed by atoms with E-state index in [9.17, 15) is 9.59 Å². The quantitative estimate of drug-likeness (QED) is 0.840. The van der Waals surface area contributed by atoms with Gasteiger partial charge in [0.25, 0.3) is 0 Å². The fraction of sp³-hybridized carbons (Fsp3) is 0.478. The zero-order valence-corrected chi connectivity index (χ0v) is 17.1. The predicted molar refractivity (Wildman–Crippen MR) is 112 cm³/mol. The zero-order chi connectivity index (χ0) is 20.4. The summed E-state index contributed by atoms with van der Waals surface area (Å²) < 4.78 is 7.40. The largest absolute Gasteiger partial charge is 0.494 e. The highest BCUT2D eigenvalue weighted by Crippen LogP contribution is 2.34. The van der Waals surface area contributed by atoms with E-state index in [2.05, 4.69) is 12.2 Å². The van der Waals surface area contributed by atoms with Crippen LogP contribution in [-0.4, -0.2) is 29.0 Å². The van der Waals surface area contributed by atoms with Gasteiger partial charge in [0, 0.05) is 17.9 Å². The molecule has 1 N–H and O–H groups in total. The molecule has 0 saturated heterocycles. The Hall–Kier alpha value is -2.76. The van der Waals surface area contributed by atoms with E-state index in [0.717, 1.165) is 30.7 Å². The van der Waals surface area contributed by atoms with Crippen LogP contribution < -0.4 is 15.0 Å².